The zero-order valence-electron chi connectivity index (χ0n) is 31.0. The molecule has 0 saturated carbocycles. The van der Waals surface area contributed by atoms with E-state index < -0.39 is 7.82 Å². The summed E-state index contributed by atoms with van der Waals surface area (Å²) in [7, 11) is -0.343. The summed E-state index contributed by atoms with van der Waals surface area (Å²) in [6, 6.07) is 7.93. The predicted molar refractivity (Wildman–Crippen MR) is 197 cm³/mol. The Morgan fingerprint density at radius 2 is 1.36 bits per heavy atom. The molecule has 0 aliphatic heterocycles. The number of para-hydroxylation sites is 1. The lowest BCUT2D eigenvalue weighted by atomic mass is 9.93. The van der Waals surface area contributed by atoms with Crippen LogP contribution in [0.3, 0.4) is 0 Å². The molecule has 0 fully saturated rings. The van der Waals surface area contributed by atoms with Crippen LogP contribution in [0.15, 0.2) is 24.3 Å². The van der Waals surface area contributed by atoms with Crippen LogP contribution >= 0.6 is 7.82 Å². The molecule has 0 radical (unpaired) electrons. The number of hydrogen-bond acceptors (Lipinski definition) is 6. The number of ether oxygens (including phenoxy) is 1. The summed E-state index contributed by atoms with van der Waals surface area (Å²) in [5.74, 6) is 0.707. The van der Waals surface area contributed by atoms with Crippen LogP contribution in [0.4, 0.5) is 0 Å². The Hall–Kier alpha value is -1.24. The van der Waals surface area contributed by atoms with E-state index in [0.29, 0.717) is 38.7 Å². The van der Waals surface area contributed by atoms with Gasteiger partial charge in [0.1, 0.15) is 11.5 Å². The minimum Gasteiger partial charge on any atom is -0.493 e. The number of ketones is 1. The fourth-order valence-corrected chi connectivity index (χ4v) is 7.09. The van der Waals surface area contributed by atoms with Crippen molar-refractivity contribution in [3.05, 3.63) is 29.8 Å². The van der Waals surface area contributed by atoms with E-state index in [1.807, 2.05) is 57.1 Å². The monoisotopic (exact) mass is 682 g/mol. The smallest absolute Gasteiger partial charge is 0.472 e. The Bertz CT molecular complexity index is 942. The number of carbonyl (C=O) groups excluding carboxylic acids is 1. The third-order valence-electron chi connectivity index (χ3n) is 8.89. The Balaban J connectivity index is 2.43. The van der Waals surface area contributed by atoms with Gasteiger partial charge in [-0.05, 0) is 63.7 Å². The van der Waals surface area contributed by atoms with Gasteiger partial charge in [0.25, 0.3) is 0 Å². The van der Waals surface area contributed by atoms with Crippen molar-refractivity contribution >= 4 is 13.6 Å². The van der Waals surface area contributed by atoms with E-state index in [1.165, 1.54) is 96.3 Å². The molecule has 1 rings (SSSR count). The minimum absolute atomic E-state index is 0.0270. The quantitative estimate of drug-likeness (QED) is 0.0584. The zero-order chi connectivity index (χ0) is 34.6. The Kier molecular flexibility index (Phi) is 26.6. The number of benzene rings is 1. The average molecular weight is 682 g/mol. The summed E-state index contributed by atoms with van der Waals surface area (Å²) in [6.45, 7) is 7.59. The van der Waals surface area contributed by atoms with Crippen LogP contribution in [0.25, 0.3) is 0 Å². The lowest BCUT2D eigenvalue weighted by Gasteiger charge is -2.23. The molecule has 0 bridgehead atoms. The van der Waals surface area contributed by atoms with Crippen LogP contribution < -0.4 is 4.74 Å². The molecule has 0 spiro atoms. The predicted octanol–water partition coefficient (Wildman–Crippen LogP) is 11.1. The van der Waals surface area contributed by atoms with Gasteiger partial charge in [-0.15, -0.1) is 0 Å². The molecule has 274 valence electrons. The topological polar surface area (TPSA) is 85.3 Å². The standard InChI is InChI=1S/C39H72NO6P/c1-6-9-10-11-12-13-14-15-16-17-18-19-20-21-22-25-31-44-39-28-24-23-27-36(39)32-35(33-37(41)26-7-2)34-45-47(42,43)46-38(8-3)29-30-40(4)5/h23-24,27-28,35,38H,6-22,25-26,29-34H2,1-5H3,(H,42,43). The molecule has 0 saturated heterocycles. The zero-order valence-corrected chi connectivity index (χ0v) is 31.9. The first-order valence-corrected chi connectivity index (χ1v) is 20.7. The second-order valence-electron chi connectivity index (χ2n) is 13.8. The van der Waals surface area contributed by atoms with Gasteiger partial charge in [-0.25, -0.2) is 4.57 Å². The number of rotatable bonds is 33. The van der Waals surface area contributed by atoms with Crippen LogP contribution in [-0.2, 0) is 24.8 Å². The molecule has 0 aliphatic rings. The third-order valence-corrected chi connectivity index (χ3v) is 9.93. The summed E-state index contributed by atoms with van der Waals surface area (Å²) in [4.78, 5) is 25.1. The summed E-state index contributed by atoms with van der Waals surface area (Å²) >= 11 is 0. The van der Waals surface area contributed by atoms with Crippen molar-refractivity contribution < 1.29 is 28.0 Å². The van der Waals surface area contributed by atoms with Gasteiger partial charge in [-0.1, -0.05) is 135 Å². The molecule has 0 amide bonds. The summed E-state index contributed by atoms with van der Waals surface area (Å²) in [6.07, 6.45) is 24.4. The molecule has 3 atom stereocenters. The molecule has 0 aliphatic carbocycles. The second-order valence-corrected chi connectivity index (χ2v) is 15.2. The summed E-state index contributed by atoms with van der Waals surface area (Å²) in [5.41, 5.74) is 0.994. The molecule has 1 aromatic carbocycles. The van der Waals surface area contributed by atoms with Crippen molar-refractivity contribution in [1.29, 1.82) is 0 Å². The fourth-order valence-electron chi connectivity index (χ4n) is 6.00. The van der Waals surface area contributed by atoms with E-state index in [-0.39, 0.29) is 24.4 Å². The van der Waals surface area contributed by atoms with Gasteiger partial charge in [-0.3, -0.25) is 13.8 Å². The second kappa shape index (κ2) is 28.6. The largest absolute Gasteiger partial charge is 0.493 e. The maximum absolute atomic E-state index is 12.8. The molecule has 1 N–H and O–H groups in total. The van der Waals surface area contributed by atoms with E-state index in [2.05, 4.69) is 6.92 Å². The lowest BCUT2D eigenvalue weighted by molar-refractivity contribution is -0.120. The van der Waals surface area contributed by atoms with Gasteiger partial charge in [0.15, 0.2) is 0 Å². The molecule has 47 heavy (non-hydrogen) atoms. The molecular weight excluding hydrogens is 609 g/mol. The van der Waals surface area contributed by atoms with E-state index in [1.54, 1.807) is 0 Å². The number of unbranched alkanes of at least 4 members (excludes halogenated alkanes) is 15. The van der Waals surface area contributed by atoms with Crippen LogP contribution in [-0.4, -0.2) is 55.5 Å². The van der Waals surface area contributed by atoms with Gasteiger partial charge < -0.3 is 14.5 Å². The number of nitrogens with zero attached hydrogens (tertiary/aromatic N) is 1. The van der Waals surface area contributed by atoms with E-state index in [9.17, 15) is 14.3 Å². The number of carbonyl (C=O) groups is 1. The third kappa shape index (κ3) is 24.5. The van der Waals surface area contributed by atoms with Gasteiger partial charge in [0.2, 0.25) is 0 Å². The highest BCUT2D eigenvalue weighted by Crippen LogP contribution is 2.46. The normalized spacial score (nSPS) is 14.3. The SMILES string of the molecule is CCCCCCCCCCCCCCCCCCOc1ccccc1CC(COP(=O)(O)OC(CC)CCN(C)C)CC(=O)CCC. The number of Topliss-reactive ketones (excluding diaryl/α,β-unsaturated/α-hetero) is 1. The van der Waals surface area contributed by atoms with Crippen LogP contribution in [0.2, 0.25) is 0 Å². The first-order chi connectivity index (χ1) is 22.7. The van der Waals surface area contributed by atoms with Crippen molar-refractivity contribution in [2.45, 2.75) is 168 Å². The first-order valence-electron chi connectivity index (χ1n) is 19.2. The summed E-state index contributed by atoms with van der Waals surface area (Å²) < 4.78 is 30.1. The number of phosphoric acid groups is 1. The average Bonchev–Trinajstić information content (AvgIpc) is 3.04. The highest BCUT2D eigenvalue weighted by Gasteiger charge is 2.28. The van der Waals surface area contributed by atoms with E-state index in [4.69, 9.17) is 13.8 Å². The summed E-state index contributed by atoms with van der Waals surface area (Å²) in [5, 5.41) is 0. The highest BCUT2D eigenvalue weighted by atomic mass is 31.2. The van der Waals surface area contributed by atoms with E-state index in [0.717, 1.165) is 30.7 Å². The van der Waals surface area contributed by atoms with Crippen molar-refractivity contribution in [3.63, 3.8) is 0 Å². The molecule has 7 nitrogen and oxygen atoms in total. The van der Waals surface area contributed by atoms with Crippen molar-refractivity contribution in [3.8, 4) is 5.75 Å². The van der Waals surface area contributed by atoms with Crippen molar-refractivity contribution in [2.24, 2.45) is 5.92 Å². The van der Waals surface area contributed by atoms with Crippen molar-refractivity contribution in [1.82, 2.24) is 4.90 Å². The van der Waals surface area contributed by atoms with Gasteiger partial charge in [0.05, 0.1) is 19.3 Å². The Morgan fingerprint density at radius 1 is 0.809 bits per heavy atom. The molecular formula is C39H72NO6P. The minimum atomic E-state index is -4.26. The maximum atomic E-state index is 12.8. The Morgan fingerprint density at radius 3 is 1.89 bits per heavy atom. The van der Waals surface area contributed by atoms with Crippen molar-refractivity contribution in [2.75, 3.05) is 33.9 Å². The molecule has 0 heterocycles. The van der Waals surface area contributed by atoms with Gasteiger partial charge in [-0.2, -0.15) is 0 Å². The Labute approximate surface area is 289 Å². The number of phosphoric ester groups is 1. The van der Waals surface area contributed by atoms with Gasteiger partial charge in [0, 0.05) is 19.4 Å². The van der Waals surface area contributed by atoms with Gasteiger partial charge >= 0.3 is 7.82 Å². The fraction of sp³-hybridized carbons (Fsp3) is 0.821. The molecule has 1 aromatic rings. The van der Waals surface area contributed by atoms with Crippen LogP contribution in [0, 0.1) is 5.92 Å². The van der Waals surface area contributed by atoms with E-state index >= 15 is 0 Å². The number of hydrogen-bond donors (Lipinski definition) is 1. The molecule has 8 heteroatoms. The lowest BCUT2D eigenvalue weighted by Crippen LogP contribution is -2.22. The highest BCUT2D eigenvalue weighted by molar-refractivity contribution is 7.47. The molecule has 3 unspecified atom stereocenters. The maximum Gasteiger partial charge on any atom is 0.472 e. The first kappa shape index (κ1) is 43.8. The van der Waals surface area contributed by atoms with Crippen LogP contribution in [0.1, 0.15) is 161 Å². The molecule has 0 aromatic heterocycles. The van der Waals surface area contributed by atoms with Crippen LogP contribution in [0.5, 0.6) is 5.75 Å².